The minimum atomic E-state index is -0.603. The van der Waals surface area contributed by atoms with Gasteiger partial charge in [0, 0.05) is 12.6 Å². The first-order chi connectivity index (χ1) is 14.2. The molecule has 162 valence electrons. The summed E-state index contributed by atoms with van der Waals surface area (Å²) in [5.41, 5.74) is 4.22. The van der Waals surface area contributed by atoms with E-state index < -0.39 is 6.04 Å². The monoisotopic (exact) mass is 410 g/mol. The number of nitrogens with zero attached hydrogens (tertiary/aromatic N) is 1. The molecule has 0 spiro atoms. The first-order valence-corrected chi connectivity index (χ1v) is 10.6. The molecular weight excluding hydrogens is 376 g/mol. The van der Waals surface area contributed by atoms with Crippen LogP contribution in [0.1, 0.15) is 49.4 Å². The topological polar surface area (TPSA) is 58.6 Å². The summed E-state index contributed by atoms with van der Waals surface area (Å²) in [7, 11) is 0. The average Bonchev–Trinajstić information content (AvgIpc) is 2.72. The lowest BCUT2D eigenvalue weighted by molar-refractivity contribution is -0.142. The van der Waals surface area contributed by atoms with Crippen LogP contribution in [0.2, 0.25) is 0 Å². The van der Waals surface area contributed by atoms with Gasteiger partial charge < -0.3 is 15.0 Å². The first-order valence-electron chi connectivity index (χ1n) is 10.6. The molecule has 2 amide bonds. The standard InChI is InChI=1S/C25H34N2O3/c1-7-19(4)26-25(29)21(6)27(15-22-12-8-10-17(2)14-22)24(28)16-30-23-13-9-11-18(3)20(23)5/h8-14,19,21H,7,15-16H2,1-6H3,(H,26,29)/t19-,21+/m0/s1. The molecule has 0 radical (unpaired) electrons. The van der Waals surface area contributed by atoms with Crippen LogP contribution in [0.25, 0.3) is 0 Å². The van der Waals surface area contributed by atoms with Crippen LogP contribution in [0.4, 0.5) is 0 Å². The van der Waals surface area contributed by atoms with Crippen LogP contribution in [0.3, 0.4) is 0 Å². The first kappa shape index (κ1) is 23.5. The van der Waals surface area contributed by atoms with Crippen LogP contribution < -0.4 is 10.1 Å². The van der Waals surface area contributed by atoms with Crippen LogP contribution in [0, 0.1) is 20.8 Å². The molecule has 5 nitrogen and oxygen atoms in total. The van der Waals surface area contributed by atoms with E-state index in [4.69, 9.17) is 4.74 Å². The van der Waals surface area contributed by atoms with E-state index in [-0.39, 0.29) is 24.5 Å². The Labute approximate surface area is 180 Å². The van der Waals surface area contributed by atoms with Gasteiger partial charge in [0.15, 0.2) is 6.61 Å². The fourth-order valence-corrected chi connectivity index (χ4v) is 3.16. The maximum Gasteiger partial charge on any atom is 0.261 e. The summed E-state index contributed by atoms with van der Waals surface area (Å²) < 4.78 is 5.83. The Morgan fingerprint density at radius 2 is 1.77 bits per heavy atom. The molecule has 1 N–H and O–H groups in total. The van der Waals surface area contributed by atoms with Crippen LogP contribution in [0.15, 0.2) is 42.5 Å². The quantitative estimate of drug-likeness (QED) is 0.670. The van der Waals surface area contributed by atoms with Gasteiger partial charge in [0.25, 0.3) is 5.91 Å². The molecule has 2 aromatic rings. The number of amides is 2. The molecule has 5 heteroatoms. The van der Waals surface area contributed by atoms with E-state index in [1.165, 1.54) is 0 Å². The van der Waals surface area contributed by atoms with Crippen molar-refractivity contribution in [3.63, 3.8) is 0 Å². The fourth-order valence-electron chi connectivity index (χ4n) is 3.16. The maximum atomic E-state index is 13.1. The molecule has 0 saturated heterocycles. The van der Waals surface area contributed by atoms with E-state index >= 15 is 0 Å². The van der Waals surface area contributed by atoms with Gasteiger partial charge in [0.2, 0.25) is 5.91 Å². The van der Waals surface area contributed by atoms with Gasteiger partial charge >= 0.3 is 0 Å². The zero-order valence-electron chi connectivity index (χ0n) is 19.0. The molecule has 0 unspecified atom stereocenters. The summed E-state index contributed by atoms with van der Waals surface area (Å²) in [6, 6.07) is 13.2. The normalized spacial score (nSPS) is 12.7. The van der Waals surface area contributed by atoms with Crippen molar-refractivity contribution in [1.82, 2.24) is 10.2 Å². The van der Waals surface area contributed by atoms with E-state index in [0.717, 1.165) is 28.7 Å². The van der Waals surface area contributed by atoms with Crippen molar-refractivity contribution >= 4 is 11.8 Å². The number of hydrogen-bond acceptors (Lipinski definition) is 3. The molecule has 2 atom stereocenters. The molecule has 0 fully saturated rings. The molecule has 0 aliphatic heterocycles. The molecule has 0 aromatic heterocycles. The Morgan fingerprint density at radius 3 is 2.43 bits per heavy atom. The fraction of sp³-hybridized carbons (Fsp3) is 0.440. The second-order valence-corrected chi connectivity index (χ2v) is 7.99. The number of hydrogen-bond donors (Lipinski definition) is 1. The van der Waals surface area contributed by atoms with Gasteiger partial charge in [-0.15, -0.1) is 0 Å². The van der Waals surface area contributed by atoms with Crippen molar-refractivity contribution in [1.29, 1.82) is 0 Å². The molecule has 2 aromatic carbocycles. The molecule has 0 aliphatic carbocycles. The highest BCUT2D eigenvalue weighted by Crippen LogP contribution is 2.21. The molecular formula is C25H34N2O3. The predicted molar refractivity (Wildman–Crippen MR) is 120 cm³/mol. The van der Waals surface area contributed by atoms with Gasteiger partial charge in [-0.2, -0.15) is 0 Å². The Hall–Kier alpha value is -2.82. The Bertz CT molecular complexity index is 878. The molecule has 0 bridgehead atoms. The summed E-state index contributed by atoms with van der Waals surface area (Å²) in [4.78, 5) is 27.5. The second-order valence-electron chi connectivity index (χ2n) is 7.99. The van der Waals surface area contributed by atoms with Gasteiger partial charge in [-0.05, 0) is 63.8 Å². The third-order valence-corrected chi connectivity index (χ3v) is 5.51. The zero-order chi connectivity index (χ0) is 22.3. The van der Waals surface area contributed by atoms with Crippen molar-refractivity contribution in [2.75, 3.05) is 6.61 Å². The third kappa shape index (κ3) is 6.34. The lowest BCUT2D eigenvalue weighted by Crippen LogP contribution is -2.50. The number of rotatable bonds is 9. The van der Waals surface area contributed by atoms with Crippen molar-refractivity contribution in [3.05, 3.63) is 64.7 Å². The third-order valence-electron chi connectivity index (χ3n) is 5.51. The number of ether oxygens (including phenoxy) is 1. The largest absolute Gasteiger partial charge is 0.483 e. The van der Waals surface area contributed by atoms with Gasteiger partial charge in [0.1, 0.15) is 11.8 Å². The molecule has 2 rings (SSSR count). The van der Waals surface area contributed by atoms with Crippen molar-refractivity contribution in [3.8, 4) is 5.75 Å². The summed E-state index contributed by atoms with van der Waals surface area (Å²) in [6.45, 7) is 12.0. The number of nitrogens with one attached hydrogen (secondary N) is 1. The Kier molecular flexibility index (Phi) is 8.46. The van der Waals surface area contributed by atoms with E-state index in [2.05, 4.69) is 5.32 Å². The summed E-state index contributed by atoms with van der Waals surface area (Å²) >= 11 is 0. The van der Waals surface area contributed by atoms with E-state index in [0.29, 0.717) is 12.3 Å². The number of carbonyl (C=O) groups is 2. The highest BCUT2D eigenvalue weighted by atomic mass is 16.5. The molecule has 0 heterocycles. The minimum Gasteiger partial charge on any atom is -0.483 e. The lowest BCUT2D eigenvalue weighted by Gasteiger charge is -2.29. The zero-order valence-corrected chi connectivity index (χ0v) is 19.0. The van der Waals surface area contributed by atoms with Crippen LogP contribution in [-0.4, -0.2) is 35.4 Å². The van der Waals surface area contributed by atoms with E-state index in [1.54, 1.807) is 11.8 Å². The van der Waals surface area contributed by atoms with Gasteiger partial charge in [-0.1, -0.05) is 48.9 Å². The second kappa shape index (κ2) is 10.8. The van der Waals surface area contributed by atoms with Crippen molar-refractivity contribution in [2.24, 2.45) is 0 Å². The van der Waals surface area contributed by atoms with Crippen molar-refractivity contribution in [2.45, 2.75) is 66.6 Å². The summed E-state index contributed by atoms with van der Waals surface area (Å²) in [5, 5.41) is 2.98. The molecule has 0 saturated carbocycles. The minimum absolute atomic E-state index is 0.0575. The molecule has 30 heavy (non-hydrogen) atoms. The van der Waals surface area contributed by atoms with E-state index in [9.17, 15) is 9.59 Å². The number of aryl methyl sites for hydroxylation is 2. The summed E-state index contributed by atoms with van der Waals surface area (Å²) in [5.74, 6) is 0.317. The van der Waals surface area contributed by atoms with Crippen LogP contribution in [0.5, 0.6) is 5.75 Å². The highest BCUT2D eigenvalue weighted by molar-refractivity contribution is 5.88. The Balaban J connectivity index is 2.19. The SMILES string of the molecule is CC[C@H](C)NC(=O)[C@@H](C)N(Cc1cccc(C)c1)C(=O)COc1cccc(C)c1C. The smallest absolute Gasteiger partial charge is 0.261 e. The lowest BCUT2D eigenvalue weighted by atomic mass is 10.1. The summed E-state index contributed by atoms with van der Waals surface area (Å²) in [6.07, 6.45) is 0.833. The number of benzene rings is 2. The maximum absolute atomic E-state index is 13.1. The van der Waals surface area contributed by atoms with Gasteiger partial charge in [-0.3, -0.25) is 9.59 Å². The van der Waals surface area contributed by atoms with Gasteiger partial charge in [-0.25, -0.2) is 0 Å². The highest BCUT2D eigenvalue weighted by Gasteiger charge is 2.27. The van der Waals surface area contributed by atoms with Gasteiger partial charge in [0.05, 0.1) is 0 Å². The Morgan fingerprint density at radius 1 is 1.07 bits per heavy atom. The van der Waals surface area contributed by atoms with Crippen molar-refractivity contribution < 1.29 is 14.3 Å². The van der Waals surface area contributed by atoms with E-state index in [1.807, 2.05) is 77.1 Å². The molecule has 0 aliphatic rings. The van der Waals surface area contributed by atoms with Crippen LogP contribution in [-0.2, 0) is 16.1 Å². The number of carbonyl (C=O) groups excluding carboxylic acids is 2. The predicted octanol–water partition coefficient (Wildman–Crippen LogP) is 4.32. The average molecular weight is 411 g/mol. The van der Waals surface area contributed by atoms with Crippen LogP contribution >= 0.6 is 0 Å².